The van der Waals surface area contributed by atoms with Gasteiger partial charge in [0.1, 0.15) is 11.5 Å². The van der Waals surface area contributed by atoms with Gasteiger partial charge in [-0.25, -0.2) is 0 Å². The van der Waals surface area contributed by atoms with Crippen LogP contribution in [0.5, 0.6) is 11.5 Å². The predicted octanol–water partition coefficient (Wildman–Crippen LogP) is 4.02. The second kappa shape index (κ2) is 5.89. The Morgan fingerprint density at radius 2 is 1.83 bits per heavy atom. The molecule has 94 valence electrons. The lowest BCUT2D eigenvalue weighted by Crippen LogP contribution is -2.18. The molecule has 0 fully saturated rings. The zero-order valence-corrected chi connectivity index (χ0v) is 11.0. The summed E-state index contributed by atoms with van der Waals surface area (Å²) in [6, 6.07) is 15.3. The monoisotopic (exact) mass is 261 g/mol. The highest BCUT2D eigenvalue weighted by molar-refractivity contribution is 6.31. The minimum Gasteiger partial charge on any atom is -0.457 e. The van der Waals surface area contributed by atoms with Gasteiger partial charge < -0.3 is 10.5 Å². The van der Waals surface area contributed by atoms with E-state index in [9.17, 15) is 0 Å². The maximum atomic E-state index is 6.20. The Hall–Kier alpha value is -1.51. The Labute approximate surface area is 112 Å². The molecular weight excluding hydrogens is 246 g/mol. The predicted molar refractivity (Wildman–Crippen MR) is 75.3 cm³/mol. The molecule has 0 saturated heterocycles. The molecule has 0 saturated carbocycles. The third-order valence-electron chi connectivity index (χ3n) is 2.57. The van der Waals surface area contributed by atoms with Crippen molar-refractivity contribution in [1.29, 1.82) is 0 Å². The van der Waals surface area contributed by atoms with Gasteiger partial charge in [-0.1, -0.05) is 35.9 Å². The fourth-order valence-electron chi connectivity index (χ4n) is 1.77. The Kier molecular flexibility index (Phi) is 4.24. The Morgan fingerprint density at radius 1 is 1.11 bits per heavy atom. The average Bonchev–Trinajstić information content (AvgIpc) is 2.34. The summed E-state index contributed by atoms with van der Waals surface area (Å²) < 4.78 is 5.85. The van der Waals surface area contributed by atoms with Crippen molar-refractivity contribution in [1.82, 2.24) is 0 Å². The van der Waals surface area contributed by atoms with E-state index < -0.39 is 0 Å². The van der Waals surface area contributed by atoms with Crippen molar-refractivity contribution in [2.45, 2.75) is 19.4 Å². The molecular formula is C15H16ClNO. The molecule has 0 aliphatic carbocycles. The van der Waals surface area contributed by atoms with Crippen molar-refractivity contribution in [3.05, 3.63) is 59.1 Å². The van der Waals surface area contributed by atoms with Crippen LogP contribution in [-0.4, -0.2) is 6.04 Å². The molecule has 2 aromatic carbocycles. The molecule has 2 aromatic rings. The summed E-state index contributed by atoms with van der Waals surface area (Å²) in [5.74, 6) is 1.57. The Balaban J connectivity index is 2.30. The van der Waals surface area contributed by atoms with Crippen LogP contribution in [0.2, 0.25) is 5.02 Å². The number of halogens is 1. The van der Waals surface area contributed by atoms with Crippen LogP contribution in [0.4, 0.5) is 0 Å². The first-order valence-corrected chi connectivity index (χ1v) is 6.30. The van der Waals surface area contributed by atoms with Gasteiger partial charge in [-0.2, -0.15) is 0 Å². The minimum atomic E-state index is 0.0445. The van der Waals surface area contributed by atoms with Gasteiger partial charge in [-0.3, -0.25) is 0 Å². The molecule has 18 heavy (non-hydrogen) atoms. The van der Waals surface area contributed by atoms with Crippen LogP contribution in [0.15, 0.2) is 48.5 Å². The topological polar surface area (TPSA) is 35.2 Å². The Bertz CT molecular complexity index is 511. The summed E-state index contributed by atoms with van der Waals surface area (Å²) in [6.07, 6.45) is 0.696. The number of rotatable bonds is 4. The summed E-state index contributed by atoms with van der Waals surface area (Å²) >= 11 is 6.20. The SMILES string of the molecule is CC(N)Cc1c(Cl)cccc1Oc1ccccc1. The standard InChI is InChI=1S/C15H16ClNO/c1-11(17)10-13-14(16)8-5-9-15(13)18-12-6-3-2-4-7-12/h2-9,11H,10,17H2,1H3. The van der Waals surface area contributed by atoms with Crippen molar-refractivity contribution in [2.24, 2.45) is 5.73 Å². The van der Waals surface area contributed by atoms with Crippen molar-refractivity contribution < 1.29 is 4.74 Å². The molecule has 1 unspecified atom stereocenters. The van der Waals surface area contributed by atoms with Crippen molar-refractivity contribution in [3.8, 4) is 11.5 Å². The fourth-order valence-corrected chi connectivity index (χ4v) is 2.01. The third-order valence-corrected chi connectivity index (χ3v) is 2.93. The largest absolute Gasteiger partial charge is 0.457 e. The lowest BCUT2D eigenvalue weighted by Gasteiger charge is -2.14. The summed E-state index contributed by atoms with van der Waals surface area (Å²) in [5, 5.41) is 0.695. The van der Waals surface area contributed by atoms with Gasteiger partial charge in [0.2, 0.25) is 0 Å². The van der Waals surface area contributed by atoms with E-state index in [-0.39, 0.29) is 6.04 Å². The van der Waals surface area contributed by atoms with E-state index >= 15 is 0 Å². The first-order chi connectivity index (χ1) is 8.66. The van der Waals surface area contributed by atoms with Gasteiger partial charge in [0.25, 0.3) is 0 Å². The molecule has 0 radical (unpaired) electrons. The lowest BCUT2D eigenvalue weighted by molar-refractivity contribution is 0.474. The third kappa shape index (κ3) is 3.25. The van der Waals surface area contributed by atoms with Crippen LogP contribution >= 0.6 is 11.6 Å². The van der Waals surface area contributed by atoms with Crippen LogP contribution in [-0.2, 0) is 6.42 Å². The lowest BCUT2D eigenvalue weighted by atomic mass is 10.1. The summed E-state index contributed by atoms with van der Waals surface area (Å²) in [5.41, 5.74) is 6.80. The van der Waals surface area contributed by atoms with E-state index in [0.717, 1.165) is 17.1 Å². The van der Waals surface area contributed by atoms with Crippen LogP contribution < -0.4 is 10.5 Å². The van der Waals surface area contributed by atoms with Crippen LogP contribution in [0, 0.1) is 0 Å². The van der Waals surface area contributed by atoms with E-state index in [1.165, 1.54) is 0 Å². The maximum Gasteiger partial charge on any atom is 0.132 e. The number of benzene rings is 2. The molecule has 0 amide bonds. The van der Waals surface area contributed by atoms with E-state index in [0.29, 0.717) is 11.4 Å². The normalized spacial score (nSPS) is 12.2. The molecule has 0 aliphatic rings. The highest BCUT2D eigenvalue weighted by atomic mass is 35.5. The quantitative estimate of drug-likeness (QED) is 0.902. The van der Waals surface area contributed by atoms with Crippen molar-refractivity contribution >= 4 is 11.6 Å². The van der Waals surface area contributed by atoms with Crippen molar-refractivity contribution in [3.63, 3.8) is 0 Å². The second-order valence-corrected chi connectivity index (χ2v) is 4.72. The Morgan fingerprint density at radius 3 is 2.50 bits per heavy atom. The number of hydrogen-bond acceptors (Lipinski definition) is 2. The fraction of sp³-hybridized carbons (Fsp3) is 0.200. The average molecular weight is 262 g/mol. The zero-order valence-electron chi connectivity index (χ0n) is 10.3. The molecule has 0 aliphatic heterocycles. The van der Waals surface area contributed by atoms with Gasteiger partial charge in [0.15, 0.2) is 0 Å². The van der Waals surface area contributed by atoms with Crippen LogP contribution in [0.25, 0.3) is 0 Å². The molecule has 2 nitrogen and oxygen atoms in total. The van der Waals surface area contributed by atoms with Gasteiger partial charge in [-0.05, 0) is 37.6 Å². The van der Waals surface area contributed by atoms with Crippen LogP contribution in [0.3, 0.4) is 0 Å². The maximum absolute atomic E-state index is 6.20. The number of ether oxygens (including phenoxy) is 1. The summed E-state index contributed by atoms with van der Waals surface area (Å²) in [4.78, 5) is 0. The van der Waals surface area contributed by atoms with Gasteiger partial charge in [0, 0.05) is 16.6 Å². The van der Waals surface area contributed by atoms with Gasteiger partial charge >= 0.3 is 0 Å². The second-order valence-electron chi connectivity index (χ2n) is 4.31. The van der Waals surface area contributed by atoms with Crippen LogP contribution in [0.1, 0.15) is 12.5 Å². The van der Waals surface area contributed by atoms with Gasteiger partial charge in [-0.15, -0.1) is 0 Å². The molecule has 0 spiro atoms. The molecule has 1 atom stereocenters. The summed E-state index contributed by atoms with van der Waals surface area (Å²) in [6.45, 7) is 1.95. The van der Waals surface area contributed by atoms with E-state index in [1.807, 2.05) is 55.5 Å². The molecule has 3 heteroatoms. The highest BCUT2D eigenvalue weighted by Gasteiger charge is 2.10. The molecule has 2 rings (SSSR count). The highest BCUT2D eigenvalue weighted by Crippen LogP contribution is 2.31. The smallest absolute Gasteiger partial charge is 0.132 e. The zero-order chi connectivity index (χ0) is 13.0. The number of para-hydroxylation sites is 1. The van der Waals surface area contributed by atoms with E-state index in [4.69, 9.17) is 22.1 Å². The minimum absolute atomic E-state index is 0.0445. The summed E-state index contributed by atoms with van der Waals surface area (Å²) in [7, 11) is 0. The van der Waals surface area contributed by atoms with Crippen molar-refractivity contribution in [2.75, 3.05) is 0 Å². The molecule has 0 heterocycles. The number of hydrogen-bond donors (Lipinski definition) is 1. The van der Waals surface area contributed by atoms with E-state index in [1.54, 1.807) is 0 Å². The number of nitrogens with two attached hydrogens (primary N) is 1. The first-order valence-electron chi connectivity index (χ1n) is 5.92. The van der Waals surface area contributed by atoms with E-state index in [2.05, 4.69) is 0 Å². The molecule has 0 bridgehead atoms. The molecule has 0 aromatic heterocycles. The van der Waals surface area contributed by atoms with Gasteiger partial charge in [0.05, 0.1) is 0 Å². The molecule has 2 N–H and O–H groups in total. The first kappa shape index (κ1) is 12.9.